The van der Waals surface area contributed by atoms with Crippen LogP contribution in [-0.2, 0) is 9.53 Å². The molecule has 0 bridgehead atoms. The van der Waals surface area contributed by atoms with Crippen molar-refractivity contribution in [2.45, 2.75) is 45.4 Å². The molecule has 0 saturated carbocycles. The van der Waals surface area contributed by atoms with Gasteiger partial charge in [-0.2, -0.15) is 0 Å². The molecule has 20 heavy (non-hydrogen) atoms. The molecule has 4 nitrogen and oxygen atoms in total. The summed E-state index contributed by atoms with van der Waals surface area (Å²) in [4.78, 5) is 11.7. The number of carbonyl (C=O) groups excluding carboxylic acids is 1. The molecule has 0 aromatic heterocycles. The second-order valence-corrected chi connectivity index (χ2v) is 6.67. The maximum Gasteiger partial charge on any atom is 0.246 e. The normalized spacial score (nSPS) is 14.7. The van der Waals surface area contributed by atoms with Gasteiger partial charge in [0.25, 0.3) is 0 Å². The third-order valence-electron chi connectivity index (χ3n) is 2.71. The predicted octanol–water partition coefficient (Wildman–Crippen LogP) is 2.80. The van der Waals surface area contributed by atoms with Crippen LogP contribution in [0.25, 0.3) is 0 Å². The second-order valence-electron chi connectivity index (χ2n) is 5.75. The lowest BCUT2D eigenvalue weighted by Gasteiger charge is -2.23. The molecule has 1 aromatic carbocycles. The highest BCUT2D eigenvalue weighted by molar-refractivity contribution is 9.10. The number of ether oxygens (including phenoxy) is 1. The lowest BCUT2D eigenvalue weighted by atomic mass is 10.0. The average molecular weight is 344 g/mol. The maximum absolute atomic E-state index is 11.7. The molecule has 112 valence electrons. The van der Waals surface area contributed by atoms with Gasteiger partial charge in [-0.05, 0) is 45.4 Å². The molecule has 0 heterocycles. The first-order chi connectivity index (χ1) is 9.19. The average Bonchev–Trinajstić information content (AvgIpc) is 2.35. The van der Waals surface area contributed by atoms with Crippen LogP contribution >= 0.6 is 15.9 Å². The van der Waals surface area contributed by atoms with Crippen molar-refractivity contribution in [1.29, 1.82) is 0 Å². The van der Waals surface area contributed by atoms with Gasteiger partial charge in [-0.1, -0.05) is 28.1 Å². The van der Waals surface area contributed by atoms with E-state index in [-0.39, 0.29) is 24.2 Å². The van der Waals surface area contributed by atoms with E-state index in [9.17, 15) is 9.90 Å². The lowest BCUT2D eigenvalue weighted by molar-refractivity contribution is -0.131. The molecule has 0 fully saturated rings. The number of benzene rings is 1. The van der Waals surface area contributed by atoms with Gasteiger partial charge >= 0.3 is 0 Å². The number of halogens is 1. The van der Waals surface area contributed by atoms with Crippen molar-refractivity contribution >= 4 is 21.8 Å². The Hall–Kier alpha value is -0.910. The van der Waals surface area contributed by atoms with E-state index in [1.54, 1.807) is 6.92 Å². The summed E-state index contributed by atoms with van der Waals surface area (Å²) < 4.78 is 6.34. The number of rotatable bonds is 5. The molecule has 0 aliphatic carbocycles. The lowest BCUT2D eigenvalue weighted by Crippen LogP contribution is -2.40. The van der Waals surface area contributed by atoms with Crippen LogP contribution in [0.2, 0.25) is 0 Å². The largest absolute Gasteiger partial charge is 0.386 e. The molecular formula is C15H22BrNO3. The summed E-state index contributed by atoms with van der Waals surface area (Å²) in [5.41, 5.74) is 0.406. The van der Waals surface area contributed by atoms with Gasteiger partial charge in [0, 0.05) is 4.47 Å². The third-order valence-corrected chi connectivity index (χ3v) is 3.24. The number of amides is 1. The van der Waals surface area contributed by atoms with Gasteiger partial charge in [-0.3, -0.25) is 4.79 Å². The fraction of sp³-hybridized carbons (Fsp3) is 0.533. The zero-order valence-corrected chi connectivity index (χ0v) is 13.9. The fourth-order valence-electron chi connectivity index (χ4n) is 1.61. The maximum atomic E-state index is 11.7. The van der Waals surface area contributed by atoms with E-state index >= 15 is 0 Å². The van der Waals surface area contributed by atoms with Gasteiger partial charge in [0.05, 0.1) is 17.7 Å². The number of hydrogen-bond donors (Lipinski definition) is 2. The molecule has 5 heteroatoms. The summed E-state index contributed by atoms with van der Waals surface area (Å²) >= 11 is 3.34. The van der Waals surface area contributed by atoms with E-state index in [1.807, 2.05) is 45.0 Å². The quantitative estimate of drug-likeness (QED) is 0.864. The minimum Gasteiger partial charge on any atom is -0.386 e. The van der Waals surface area contributed by atoms with Crippen LogP contribution in [0.3, 0.4) is 0 Å². The van der Waals surface area contributed by atoms with E-state index in [0.717, 1.165) is 10.0 Å². The van der Waals surface area contributed by atoms with E-state index in [2.05, 4.69) is 21.2 Å². The third kappa shape index (κ3) is 6.03. The molecule has 0 spiro atoms. The van der Waals surface area contributed by atoms with Crippen molar-refractivity contribution in [1.82, 2.24) is 5.32 Å². The Morgan fingerprint density at radius 2 is 1.90 bits per heavy atom. The number of hydrogen-bond acceptors (Lipinski definition) is 3. The van der Waals surface area contributed by atoms with Crippen LogP contribution in [0.4, 0.5) is 0 Å². The fourth-order valence-corrected chi connectivity index (χ4v) is 1.87. The van der Waals surface area contributed by atoms with E-state index in [0.29, 0.717) is 0 Å². The Bertz CT molecular complexity index is 439. The van der Waals surface area contributed by atoms with Crippen LogP contribution in [-0.4, -0.2) is 29.3 Å². The predicted molar refractivity (Wildman–Crippen MR) is 82.4 cm³/mol. The highest BCUT2D eigenvalue weighted by Gasteiger charge is 2.19. The highest BCUT2D eigenvalue weighted by Crippen LogP contribution is 2.19. The molecule has 0 saturated heterocycles. The number of aliphatic hydroxyl groups is 1. The zero-order chi connectivity index (χ0) is 15.3. The van der Waals surface area contributed by atoms with Crippen LogP contribution in [0.1, 0.15) is 39.4 Å². The minimum atomic E-state index is -0.748. The standard InChI is InChI=1S/C15H22BrNO3/c1-10(17-13(18)9-20-15(2,3)4)14(19)11-5-7-12(16)8-6-11/h5-8,10,14,19H,9H2,1-4H3,(H,17,18)/t10-,14+/m0/s1. The summed E-state index contributed by atoms with van der Waals surface area (Å²) in [6.45, 7) is 7.42. The molecule has 1 aromatic rings. The summed E-state index contributed by atoms with van der Waals surface area (Å²) in [6, 6.07) is 6.98. The van der Waals surface area contributed by atoms with E-state index in [4.69, 9.17) is 4.74 Å². The van der Waals surface area contributed by atoms with Crippen LogP contribution in [0, 0.1) is 0 Å². The van der Waals surface area contributed by atoms with Crippen LogP contribution < -0.4 is 5.32 Å². The Balaban J connectivity index is 2.51. The molecule has 2 N–H and O–H groups in total. The summed E-state index contributed by atoms with van der Waals surface area (Å²) in [5, 5.41) is 12.9. The molecule has 0 unspecified atom stereocenters. The molecule has 1 rings (SSSR count). The molecule has 2 atom stereocenters. The number of nitrogens with one attached hydrogen (secondary N) is 1. The summed E-state index contributed by atoms with van der Waals surface area (Å²) in [5.74, 6) is -0.233. The highest BCUT2D eigenvalue weighted by atomic mass is 79.9. The first-order valence-electron chi connectivity index (χ1n) is 6.56. The van der Waals surface area contributed by atoms with Gasteiger partial charge in [-0.15, -0.1) is 0 Å². The smallest absolute Gasteiger partial charge is 0.246 e. The van der Waals surface area contributed by atoms with E-state index in [1.165, 1.54) is 0 Å². The number of carbonyl (C=O) groups is 1. The van der Waals surface area contributed by atoms with Gasteiger partial charge in [-0.25, -0.2) is 0 Å². The van der Waals surface area contributed by atoms with Crippen molar-refractivity contribution in [3.8, 4) is 0 Å². The van der Waals surface area contributed by atoms with Crippen molar-refractivity contribution in [2.24, 2.45) is 0 Å². The summed E-state index contributed by atoms with van der Waals surface area (Å²) in [6.07, 6.45) is -0.748. The number of aliphatic hydroxyl groups excluding tert-OH is 1. The van der Waals surface area contributed by atoms with Crippen molar-refractivity contribution < 1.29 is 14.6 Å². The molecule has 0 aliphatic rings. The van der Waals surface area contributed by atoms with Crippen molar-refractivity contribution in [3.63, 3.8) is 0 Å². The monoisotopic (exact) mass is 343 g/mol. The van der Waals surface area contributed by atoms with Gasteiger partial charge in [0.15, 0.2) is 0 Å². The Morgan fingerprint density at radius 1 is 1.35 bits per heavy atom. The van der Waals surface area contributed by atoms with Crippen LogP contribution in [0.15, 0.2) is 28.7 Å². The molecule has 0 aliphatic heterocycles. The van der Waals surface area contributed by atoms with E-state index < -0.39 is 6.10 Å². The Morgan fingerprint density at radius 3 is 2.40 bits per heavy atom. The molecule has 0 radical (unpaired) electrons. The first kappa shape index (κ1) is 17.1. The van der Waals surface area contributed by atoms with Crippen molar-refractivity contribution in [2.75, 3.05) is 6.61 Å². The SMILES string of the molecule is C[C@H](NC(=O)COC(C)(C)C)[C@@H](O)c1ccc(Br)cc1. The topological polar surface area (TPSA) is 58.6 Å². The van der Waals surface area contributed by atoms with Crippen LogP contribution in [0.5, 0.6) is 0 Å². The first-order valence-corrected chi connectivity index (χ1v) is 7.35. The minimum absolute atomic E-state index is 0.0130. The molecular weight excluding hydrogens is 322 g/mol. The summed E-state index contributed by atoms with van der Waals surface area (Å²) in [7, 11) is 0. The van der Waals surface area contributed by atoms with Gasteiger partial charge in [0.2, 0.25) is 5.91 Å². The van der Waals surface area contributed by atoms with Crippen molar-refractivity contribution in [3.05, 3.63) is 34.3 Å². The molecule has 1 amide bonds. The Kier molecular flexibility index (Phi) is 6.17. The van der Waals surface area contributed by atoms with Gasteiger partial charge in [0.1, 0.15) is 6.61 Å². The Labute approximate surface area is 128 Å². The second kappa shape index (κ2) is 7.20. The van der Waals surface area contributed by atoms with Gasteiger partial charge < -0.3 is 15.2 Å². The zero-order valence-electron chi connectivity index (χ0n) is 12.3.